The smallest absolute Gasteiger partial charge is 0.305 e. The second kappa shape index (κ2) is 20.1. The van der Waals surface area contributed by atoms with Crippen molar-refractivity contribution in [3.8, 4) is 0 Å². The lowest BCUT2D eigenvalue weighted by Gasteiger charge is -2.42. The molecule has 13 nitrogen and oxygen atoms in total. The van der Waals surface area contributed by atoms with E-state index in [1.54, 1.807) is 0 Å². The number of hydrogen-bond donors (Lipinski definition) is 7. The minimum atomic E-state index is -1.62. The molecular formula is C28H52O13. The van der Waals surface area contributed by atoms with Gasteiger partial charge >= 0.3 is 5.97 Å². The molecular weight excluding hydrogens is 544 g/mol. The van der Waals surface area contributed by atoms with E-state index in [0.29, 0.717) is 13.0 Å². The first-order chi connectivity index (χ1) is 19.7. The maximum atomic E-state index is 11.1. The van der Waals surface area contributed by atoms with E-state index in [4.69, 9.17) is 18.9 Å². The Morgan fingerprint density at radius 3 is 1.54 bits per heavy atom. The van der Waals surface area contributed by atoms with Gasteiger partial charge in [-0.05, 0) is 12.8 Å². The Bertz CT molecular complexity index is 696. The zero-order valence-corrected chi connectivity index (χ0v) is 24.2. The summed E-state index contributed by atoms with van der Waals surface area (Å²) in [4.78, 5) is 11.1. The van der Waals surface area contributed by atoms with Gasteiger partial charge in [0.15, 0.2) is 12.6 Å². The quantitative estimate of drug-likeness (QED) is 0.0724. The zero-order chi connectivity index (χ0) is 30.2. The third kappa shape index (κ3) is 12.3. The van der Waals surface area contributed by atoms with Gasteiger partial charge in [0.1, 0.15) is 48.8 Å². The summed E-state index contributed by atoms with van der Waals surface area (Å²) in [7, 11) is 1.42. The molecule has 242 valence electrons. The van der Waals surface area contributed by atoms with E-state index in [1.807, 2.05) is 0 Å². The van der Waals surface area contributed by atoms with Crippen LogP contribution in [0.3, 0.4) is 0 Å². The van der Waals surface area contributed by atoms with Gasteiger partial charge in [0.2, 0.25) is 0 Å². The Hall–Kier alpha value is -0.970. The van der Waals surface area contributed by atoms with Crippen LogP contribution in [0.4, 0.5) is 0 Å². The van der Waals surface area contributed by atoms with E-state index in [0.717, 1.165) is 44.9 Å². The van der Waals surface area contributed by atoms with Crippen molar-refractivity contribution in [3.63, 3.8) is 0 Å². The zero-order valence-electron chi connectivity index (χ0n) is 24.2. The average Bonchev–Trinajstić information content (AvgIpc) is 2.97. The summed E-state index contributed by atoms with van der Waals surface area (Å²) >= 11 is 0. The molecule has 13 heteroatoms. The van der Waals surface area contributed by atoms with Gasteiger partial charge in [-0.25, -0.2) is 0 Å². The highest BCUT2D eigenvalue weighted by molar-refractivity contribution is 5.68. The molecule has 2 aliphatic heterocycles. The monoisotopic (exact) mass is 596 g/mol. The summed E-state index contributed by atoms with van der Waals surface area (Å²) in [6.45, 7) is -0.709. The van der Waals surface area contributed by atoms with Gasteiger partial charge in [-0.1, -0.05) is 64.2 Å². The van der Waals surface area contributed by atoms with Crippen LogP contribution in [0.5, 0.6) is 0 Å². The number of unbranched alkanes of at least 4 members (excludes halogenated alkanes) is 11. The molecule has 7 N–H and O–H groups in total. The van der Waals surface area contributed by atoms with E-state index in [-0.39, 0.29) is 12.6 Å². The van der Waals surface area contributed by atoms with Crippen molar-refractivity contribution in [2.75, 3.05) is 26.9 Å². The number of carbonyl (C=O) groups is 1. The van der Waals surface area contributed by atoms with Crippen molar-refractivity contribution in [1.29, 1.82) is 0 Å². The van der Waals surface area contributed by atoms with Crippen molar-refractivity contribution < 1.29 is 64.2 Å². The van der Waals surface area contributed by atoms with Crippen molar-refractivity contribution >= 4 is 5.97 Å². The first-order valence-corrected chi connectivity index (χ1v) is 15.0. The van der Waals surface area contributed by atoms with E-state index < -0.39 is 68.0 Å². The summed E-state index contributed by atoms with van der Waals surface area (Å²) in [6.07, 6.45) is -0.736. The largest absolute Gasteiger partial charge is 0.469 e. The average molecular weight is 597 g/mol. The summed E-state index contributed by atoms with van der Waals surface area (Å²) in [5, 5.41) is 70.0. The van der Waals surface area contributed by atoms with Crippen LogP contribution in [0.1, 0.15) is 83.5 Å². The molecule has 0 aromatic heterocycles. The molecule has 0 unspecified atom stereocenters. The lowest BCUT2D eigenvalue weighted by molar-refractivity contribution is -0.331. The third-order valence-electron chi connectivity index (χ3n) is 7.73. The van der Waals surface area contributed by atoms with Gasteiger partial charge in [0.25, 0.3) is 0 Å². The van der Waals surface area contributed by atoms with Gasteiger partial charge in [-0.3, -0.25) is 4.79 Å². The normalized spacial score (nSPS) is 34.0. The molecule has 2 rings (SSSR count). The maximum absolute atomic E-state index is 11.1. The van der Waals surface area contributed by atoms with Gasteiger partial charge in [-0.2, -0.15) is 0 Å². The Morgan fingerprint density at radius 2 is 1.02 bits per heavy atom. The van der Waals surface area contributed by atoms with Crippen LogP contribution in [0.15, 0.2) is 0 Å². The number of rotatable bonds is 20. The summed E-state index contributed by atoms with van der Waals surface area (Å²) in [6, 6.07) is 0. The van der Waals surface area contributed by atoms with Gasteiger partial charge in [0.05, 0.1) is 20.3 Å². The SMILES string of the molecule is COC(=O)CCCCCCCCCCCCCCO[C@@H]1O[C@H](CO[C@H]2O[C@H](CO)[C@H](O)[C@H](O)[C@H]2O)[C@@H](O)[C@H](O)[C@H]1O. The summed E-state index contributed by atoms with van der Waals surface area (Å²) < 4.78 is 26.6. The topological polar surface area (TPSA) is 205 Å². The number of aliphatic hydroxyl groups excluding tert-OH is 7. The Labute approximate surface area is 242 Å². The number of methoxy groups -OCH3 is 1. The van der Waals surface area contributed by atoms with Crippen molar-refractivity contribution in [2.45, 2.75) is 145 Å². The minimum absolute atomic E-state index is 0.137. The molecule has 0 aliphatic carbocycles. The predicted octanol–water partition coefficient (Wildman–Crippen LogP) is -0.129. The predicted molar refractivity (Wildman–Crippen MR) is 144 cm³/mol. The Kier molecular flexibility index (Phi) is 17.7. The van der Waals surface area contributed by atoms with Gasteiger partial charge in [-0.15, -0.1) is 0 Å². The van der Waals surface area contributed by atoms with Crippen LogP contribution < -0.4 is 0 Å². The van der Waals surface area contributed by atoms with Crippen LogP contribution in [0.25, 0.3) is 0 Å². The van der Waals surface area contributed by atoms with Crippen LogP contribution >= 0.6 is 0 Å². The number of esters is 1. The molecule has 2 saturated heterocycles. The Morgan fingerprint density at radius 1 is 0.585 bits per heavy atom. The third-order valence-corrected chi connectivity index (χ3v) is 7.73. The molecule has 0 amide bonds. The number of hydrogen-bond acceptors (Lipinski definition) is 13. The number of ether oxygens (including phenoxy) is 5. The fourth-order valence-corrected chi connectivity index (χ4v) is 5.03. The summed E-state index contributed by atoms with van der Waals surface area (Å²) in [5.41, 5.74) is 0. The molecule has 2 aliphatic rings. The molecule has 41 heavy (non-hydrogen) atoms. The second-order valence-electron chi connectivity index (χ2n) is 11.0. The lowest BCUT2D eigenvalue weighted by atomic mass is 9.98. The first-order valence-electron chi connectivity index (χ1n) is 15.0. The second-order valence-corrected chi connectivity index (χ2v) is 11.0. The van der Waals surface area contributed by atoms with E-state index in [9.17, 15) is 40.5 Å². The maximum Gasteiger partial charge on any atom is 0.305 e. The van der Waals surface area contributed by atoms with Crippen LogP contribution in [0, 0.1) is 0 Å². The molecule has 0 aromatic rings. The molecule has 10 atom stereocenters. The first kappa shape index (κ1) is 36.2. The highest BCUT2D eigenvalue weighted by Gasteiger charge is 2.47. The molecule has 0 radical (unpaired) electrons. The fourth-order valence-electron chi connectivity index (χ4n) is 5.03. The van der Waals surface area contributed by atoms with Gasteiger partial charge < -0.3 is 59.4 Å². The molecule has 2 fully saturated rings. The molecule has 2 heterocycles. The van der Waals surface area contributed by atoms with Crippen molar-refractivity contribution in [2.24, 2.45) is 0 Å². The van der Waals surface area contributed by atoms with Crippen molar-refractivity contribution in [1.82, 2.24) is 0 Å². The minimum Gasteiger partial charge on any atom is -0.469 e. The van der Waals surface area contributed by atoms with Crippen molar-refractivity contribution in [3.05, 3.63) is 0 Å². The van der Waals surface area contributed by atoms with Crippen LogP contribution in [0.2, 0.25) is 0 Å². The van der Waals surface area contributed by atoms with E-state index in [1.165, 1.54) is 39.2 Å². The molecule has 0 spiro atoms. The number of aliphatic hydroxyl groups is 7. The highest BCUT2D eigenvalue weighted by atomic mass is 16.7. The van der Waals surface area contributed by atoms with Crippen LogP contribution in [-0.4, -0.2) is 130 Å². The van der Waals surface area contributed by atoms with Crippen LogP contribution in [-0.2, 0) is 28.5 Å². The molecule has 0 aromatic carbocycles. The fraction of sp³-hybridized carbons (Fsp3) is 0.964. The molecule has 0 saturated carbocycles. The highest BCUT2D eigenvalue weighted by Crippen LogP contribution is 2.26. The van der Waals surface area contributed by atoms with E-state index in [2.05, 4.69) is 4.74 Å². The lowest BCUT2D eigenvalue weighted by Crippen LogP contribution is -2.61. The summed E-state index contributed by atoms with van der Waals surface area (Å²) in [5.74, 6) is -0.137. The molecule has 0 bridgehead atoms. The number of carbonyl (C=O) groups excluding carboxylic acids is 1. The Balaban J connectivity index is 1.55. The van der Waals surface area contributed by atoms with E-state index >= 15 is 0 Å². The van der Waals surface area contributed by atoms with Gasteiger partial charge in [0, 0.05) is 13.0 Å². The standard InChI is InChI=1S/C28H52O13/c1-37-20(30)14-12-10-8-6-4-2-3-5-7-9-11-13-15-38-27-25(35)24(34)22(32)19(41-27)17-39-28-26(36)23(33)21(31)18(16-29)40-28/h18-19,21-29,31-36H,2-17H2,1H3/t18-,19-,21+,22-,23+,24+,25-,26-,27-,28+/m1/s1.